The second-order valence-electron chi connectivity index (χ2n) is 7.42. The van der Waals surface area contributed by atoms with Crippen molar-refractivity contribution in [1.29, 1.82) is 0 Å². The van der Waals surface area contributed by atoms with Crippen LogP contribution < -0.4 is 0 Å². The van der Waals surface area contributed by atoms with Gasteiger partial charge < -0.3 is 4.90 Å². The Balaban J connectivity index is 1.93. The first-order valence-electron chi connectivity index (χ1n) is 8.12. The second kappa shape index (κ2) is 5.98. The fourth-order valence-electron chi connectivity index (χ4n) is 2.90. The van der Waals surface area contributed by atoms with Crippen LogP contribution in [0, 0.1) is 0 Å². The monoisotopic (exact) mass is 365 g/mol. The average molecular weight is 365 g/mol. The van der Waals surface area contributed by atoms with Crippen molar-refractivity contribution in [3.63, 3.8) is 0 Å². The number of sulfone groups is 1. The highest BCUT2D eigenvalue weighted by molar-refractivity contribution is 7.91. The SMILES string of the molecule is Cn1cc([C@@H]2CS(=O)(=O)CCN2C(=O)c2cnn(C(C)(C)C)c2)cn1. The molecule has 0 spiro atoms. The topological polar surface area (TPSA) is 90.1 Å². The van der Waals surface area contributed by atoms with Crippen LogP contribution >= 0.6 is 0 Å². The van der Waals surface area contributed by atoms with E-state index < -0.39 is 15.9 Å². The molecule has 0 unspecified atom stereocenters. The summed E-state index contributed by atoms with van der Waals surface area (Å²) < 4.78 is 27.5. The minimum absolute atomic E-state index is 0.0249. The summed E-state index contributed by atoms with van der Waals surface area (Å²) in [5.41, 5.74) is 0.956. The molecule has 136 valence electrons. The lowest BCUT2D eigenvalue weighted by atomic mass is 10.1. The number of aryl methyl sites for hydroxylation is 1. The summed E-state index contributed by atoms with van der Waals surface area (Å²) in [5.74, 6) is -0.319. The summed E-state index contributed by atoms with van der Waals surface area (Å²) in [6.07, 6.45) is 6.62. The summed E-state index contributed by atoms with van der Waals surface area (Å²) in [5, 5.41) is 8.38. The zero-order valence-corrected chi connectivity index (χ0v) is 15.7. The Morgan fingerprint density at radius 2 is 1.92 bits per heavy atom. The van der Waals surface area contributed by atoms with Crippen LogP contribution in [-0.4, -0.2) is 56.8 Å². The van der Waals surface area contributed by atoms with Crippen LogP contribution in [0.25, 0.3) is 0 Å². The number of aromatic nitrogens is 4. The smallest absolute Gasteiger partial charge is 0.257 e. The first kappa shape index (κ1) is 17.7. The van der Waals surface area contributed by atoms with E-state index in [0.29, 0.717) is 5.56 Å². The van der Waals surface area contributed by atoms with Gasteiger partial charge in [0, 0.05) is 31.5 Å². The maximum absolute atomic E-state index is 13.0. The Hall–Kier alpha value is -2.16. The van der Waals surface area contributed by atoms with Crippen LogP contribution in [0.2, 0.25) is 0 Å². The molecule has 8 nitrogen and oxygen atoms in total. The molecule has 25 heavy (non-hydrogen) atoms. The highest BCUT2D eigenvalue weighted by Crippen LogP contribution is 2.28. The molecule has 2 aromatic heterocycles. The molecular weight excluding hydrogens is 342 g/mol. The van der Waals surface area contributed by atoms with Gasteiger partial charge in [-0.2, -0.15) is 10.2 Å². The number of hydrogen-bond acceptors (Lipinski definition) is 5. The molecule has 0 N–H and O–H groups in total. The van der Waals surface area contributed by atoms with E-state index in [1.807, 2.05) is 20.8 Å². The van der Waals surface area contributed by atoms with E-state index in [2.05, 4.69) is 10.2 Å². The van der Waals surface area contributed by atoms with Gasteiger partial charge in [0.2, 0.25) is 0 Å². The van der Waals surface area contributed by atoms with Crippen LogP contribution in [-0.2, 0) is 22.4 Å². The predicted octanol–water partition coefficient (Wildman–Crippen LogP) is 0.983. The van der Waals surface area contributed by atoms with Gasteiger partial charge in [0.05, 0.1) is 41.0 Å². The summed E-state index contributed by atoms with van der Waals surface area (Å²) in [6, 6.07) is -0.530. The number of carbonyl (C=O) groups excluding carboxylic acids is 1. The molecule has 1 amide bonds. The van der Waals surface area contributed by atoms with E-state index in [1.54, 1.807) is 39.9 Å². The third kappa shape index (κ3) is 3.60. The second-order valence-corrected chi connectivity index (χ2v) is 9.65. The molecule has 1 fully saturated rings. The quantitative estimate of drug-likeness (QED) is 0.791. The summed E-state index contributed by atoms with van der Waals surface area (Å²) in [6.45, 7) is 6.17. The fourth-order valence-corrected chi connectivity index (χ4v) is 4.40. The molecule has 2 aromatic rings. The van der Waals surface area contributed by atoms with Gasteiger partial charge in [-0.15, -0.1) is 0 Å². The van der Waals surface area contributed by atoms with Crippen molar-refractivity contribution in [2.24, 2.45) is 7.05 Å². The number of nitrogens with zero attached hydrogens (tertiary/aromatic N) is 5. The number of rotatable bonds is 2. The number of hydrogen-bond donors (Lipinski definition) is 0. The molecule has 1 saturated heterocycles. The highest BCUT2D eigenvalue weighted by Gasteiger charge is 2.36. The zero-order valence-electron chi connectivity index (χ0n) is 14.9. The normalized spacial score (nSPS) is 20.6. The Morgan fingerprint density at radius 3 is 2.48 bits per heavy atom. The molecule has 9 heteroatoms. The van der Waals surface area contributed by atoms with Gasteiger partial charge in [-0.05, 0) is 20.8 Å². The van der Waals surface area contributed by atoms with E-state index in [9.17, 15) is 13.2 Å². The third-order valence-electron chi connectivity index (χ3n) is 4.32. The molecule has 0 radical (unpaired) electrons. The molecule has 0 aromatic carbocycles. The molecule has 1 aliphatic rings. The molecular formula is C16H23N5O3S. The Labute approximate surface area is 147 Å². The van der Waals surface area contributed by atoms with Crippen LogP contribution in [0.4, 0.5) is 0 Å². The lowest BCUT2D eigenvalue weighted by molar-refractivity contribution is 0.0697. The van der Waals surface area contributed by atoms with Crippen molar-refractivity contribution in [2.45, 2.75) is 32.4 Å². The van der Waals surface area contributed by atoms with Crippen molar-refractivity contribution < 1.29 is 13.2 Å². The first-order chi connectivity index (χ1) is 11.6. The van der Waals surface area contributed by atoms with Crippen molar-refractivity contribution in [2.75, 3.05) is 18.1 Å². The third-order valence-corrected chi connectivity index (χ3v) is 5.95. The Morgan fingerprint density at radius 1 is 1.20 bits per heavy atom. The van der Waals surface area contributed by atoms with E-state index in [1.165, 1.54) is 6.20 Å². The molecule has 3 heterocycles. The number of amides is 1. The molecule has 1 atom stereocenters. The average Bonchev–Trinajstić information content (AvgIpc) is 3.14. The highest BCUT2D eigenvalue weighted by atomic mass is 32.2. The van der Waals surface area contributed by atoms with Crippen molar-refractivity contribution >= 4 is 15.7 Å². The van der Waals surface area contributed by atoms with Crippen LogP contribution in [0.1, 0.15) is 42.7 Å². The van der Waals surface area contributed by atoms with Crippen LogP contribution in [0.15, 0.2) is 24.8 Å². The molecule has 0 bridgehead atoms. The predicted molar refractivity (Wildman–Crippen MR) is 92.9 cm³/mol. The maximum Gasteiger partial charge on any atom is 0.257 e. The minimum atomic E-state index is -3.19. The lowest BCUT2D eigenvalue weighted by Crippen LogP contribution is -2.46. The van der Waals surface area contributed by atoms with E-state index in [0.717, 1.165) is 5.56 Å². The van der Waals surface area contributed by atoms with Crippen molar-refractivity contribution in [1.82, 2.24) is 24.5 Å². The van der Waals surface area contributed by atoms with Crippen LogP contribution in [0.5, 0.6) is 0 Å². The van der Waals surface area contributed by atoms with E-state index in [-0.39, 0.29) is 29.5 Å². The van der Waals surface area contributed by atoms with E-state index >= 15 is 0 Å². The molecule has 3 rings (SSSR count). The number of carbonyl (C=O) groups is 1. The molecule has 0 aliphatic carbocycles. The minimum Gasteiger partial charge on any atom is -0.329 e. The lowest BCUT2D eigenvalue weighted by Gasteiger charge is -2.34. The van der Waals surface area contributed by atoms with Gasteiger partial charge in [-0.25, -0.2) is 8.42 Å². The summed E-state index contributed by atoms with van der Waals surface area (Å²) in [4.78, 5) is 14.6. The standard InChI is InChI=1S/C16H23N5O3S/c1-16(2,3)21-10-13(8-18-21)15(22)20-5-6-25(23,24)11-14(20)12-7-17-19(4)9-12/h7-10,14H,5-6,11H2,1-4H3/t14-/m0/s1. The van der Waals surface area contributed by atoms with Gasteiger partial charge in [0.1, 0.15) is 0 Å². The van der Waals surface area contributed by atoms with Gasteiger partial charge in [0.15, 0.2) is 9.84 Å². The van der Waals surface area contributed by atoms with Crippen molar-refractivity contribution in [3.05, 3.63) is 35.9 Å². The largest absolute Gasteiger partial charge is 0.329 e. The van der Waals surface area contributed by atoms with Crippen LogP contribution in [0.3, 0.4) is 0 Å². The van der Waals surface area contributed by atoms with Gasteiger partial charge in [0.25, 0.3) is 5.91 Å². The van der Waals surface area contributed by atoms with Gasteiger partial charge >= 0.3 is 0 Å². The molecule has 0 saturated carbocycles. The van der Waals surface area contributed by atoms with E-state index in [4.69, 9.17) is 0 Å². The Bertz CT molecular complexity index is 891. The van der Waals surface area contributed by atoms with Gasteiger partial charge in [-0.1, -0.05) is 0 Å². The zero-order chi connectivity index (χ0) is 18.4. The summed E-state index contributed by atoms with van der Waals surface area (Å²) in [7, 11) is -1.42. The summed E-state index contributed by atoms with van der Waals surface area (Å²) >= 11 is 0. The Kier molecular flexibility index (Phi) is 4.22. The van der Waals surface area contributed by atoms with Gasteiger partial charge in [-0.3, -0.25) is 14.2 Å². The van der Waals surface area contributed by atoms with Crippen molar-refractivity contribution in [3.8, 4) is 0 Å². The maximum atomic E-state index is 13.0. The fraction of sp³-hybridized carbons (Fsp3) is 0.562. The first-order valence-corrected chi connectivity index (χ1v) is 9.94. The molecule has 1 aliphatic heterocycles.